The van der Waals surface area contributed by atoms with Gasteiger partial charge in [-0.05, 0) is 28.2 Å². The number of rotatable bonds is 9. The molecule has 9 heteroatoms. The lowest BCUT2D eigenvalue weighted by atomic mass is 9.98. The molecule has 0 fully saturated rings. The summed E-state index contributed by atoms with van der Waals surface area (Å²) < 4.78 is 10.4. The number of hydrogen-bond acceptors (Lipinski definition) is 6. The third kappa shape index (κ3) is 5.34. The first kappa shape index (κ1) is 24.0. The van der Waals surface area contributed by atoms with E-state index in [1.807, 2.05) is 50.2 Å². The van der Waals surface area contributed by atoms with Crippen molar-refractivity contribution >= 4 is 18.0 Å². The maximum Gasteiger partial charge on any atom is 0.407 e. The van der Waals surface area contributed by atoms with Gasteiger partial charge in [0.05, 0.1) is 13.0 Å². The number of carboxylic acids is 1. The fourth-order valence-corrected chi connectivity index (χ4v) is 4.26. The molecule has 3 aromatic rings. The Morgan fingerprint density at radius 3 is 2.29 bits per heavy atom. The first-order valence-electron chi connectivity index (χ1n) is 11.4. The van der Waals surface area contributed by atoms with Crippen molar-refractivity contribution < 1.29 is 28.8 Å². The van der Waals surface area contributed by atoms with Crippen LogP contribution in [0.15, 0.2) is 59.3 Å². The number of alkyl carbamates (subject to hydrolysis) is 1. The molecule has 1 aliphatic rings. The van der Waals surface area contributed by atoms with Crippen LogP contribution in [0.1, 0.15) is 53.4 Å². The van der Waals surface area contributed by atoms with Gasteiger partial charge in [0.15, 0.2) is 0 Å². The van der Waals surface area contributed by atoms with E-state index in [2.05, 4.69) is 27.9 Å². The average Bonchev–Trinajstić information content (AvgIpc) is 3.43. The van der Waals surface area contributed by atoms with Gasteiger partial charge in [-0.3, -0.25) is 9.59 Å². The highest BCUT2D eigenvalue weighted by molar-refractivity contribution is 5.95. The molecule has 1 heterocycles. The van der Waals surface area contributed by atoms with Crippen molar-refractivity contribution in [2.45, 2.75) is 38.8 Å². The van der Waals surface area contributed by atoms with Gasteiger partial charge in [-0.2, -0.15) is 0 Å². The number of amides is 2. The van der Waals surface area contributed by atoms with Crippen LogP contribution in [-0.2, 0) is 16.1 Å². The zero-order valence-corrected chi connectivity index (χ0v) is 19.5. The number of aromatic nitrogens is 1. The van der Waals surface area contributed by atoms with Gasteiger partial charge in [-0.1, -0.05) is 67.5 Å². The number of hydrogen-bond donors (Lipinski definition) is 3. The summed E-state index contributed by atoms with van der Waals surface area (Å²) in [5.74, 6) is -1.68. The third-order valence-electron chi connectivity index (χ3n) is 6.15. The second-order valence-corrected chi connectivity index (χ2v) is 8.78. The van der Waals surface area contributed by atoms with E-state index >= 15 is 0 Å². The Morgan fingerprint density at radius 2 is 1.69 bits per heavy atom. The second kappa shape index (κ2) is 10.4. The lowest BCUT2D eigenvalue weighted by molar-refractivity contribution is -0.137. The van der Waals surface area contributed by atoms with E-state index in [1.165, 1.54) is 6.26 Å². The van der Waals surface area contributed by atoms with E-state index in [-0.39, 0.29) is 42.7 Å². The number of carboxylic acid groups (broad SMARTS) is 1. The van der Waals surface area contributed by atoms with Gasteiger partial charge in [-0.25, -0.2) is 4.79 Å². The normalized spacial score (nSPS) is 13.1. The van der Waals surface area contributed by atoms with Crippen molar-refractivity contribution in [2.75, 3.05) is 6.61 Å². The molecule has 0 unspecified atom stereocenters. The molecule has 0 spiro atoms. The number of carbonyl (C=O) groups excluding carboxylic acids is 2. The summed E-state index contributed by atoms with van der Waals surface area (Å²) >= 11 is 0. The van der Waals surface area contributed by atoms with Gasteiger partial charge in [0.2, 0.25) is 0 Å². The molecule has 1 aromatic heterocycles. The monoisotopic (exact) mass is 477 g/mol. The van der Waals surface area contributed by atoms with Crippen molar-refractivity contribution in [3.8, 4) is 11.1 Å². The smallest absolute Gasteiger partial charge is 0.407 e. The molecule has 4 rings (SSSR count). The van der Waals surface area contributed by atoms with Crippen molar-refractivity contribution in [3.05, 3.63) is 77.2 Å². The molecule has 2 aromatic carbocycles. The standard InChI is InChI=1S/C26H27N3O6/c1-15(2)22(11-24(30)31)28-25(32)21-14-35-29-23(21)12-27-26(33)34-13-20-18-9-5-3-7-16(18)17-8-4-6-10-19(17)20/h3-10,14-15,20,22H,11-13H2,1-2H3,(H,27,33)(H,28,32)(H,30,31)/t22-/m1/s1. The van der Waals surface area contributed by atoms with Gasteiger partial charge in [0.1, 0.15) is 24.1 Å². The molecule has 0 aliphatic heterocycles. The summed E-state index contributed by atoms with van der Waals surface area (Å²) in [4.78, 5) is 36.2. The summed E-state index contributed by atoms with van der Waals surface area (Å²) in [6, 6.07) is 15.6. The van der Waals surface area contributed by atoms with E-state index in [1.54, 1.807) is 0 Å². The maximum absolute atomic E-state index is 12.7. The van der Waals surface area contributed by atoms with Crippen LogP contribution < -0.4 is 10.6 Å². The highest BCUT2D eigenvalue weighted by atomic mass is 16.5. The number of carbonyl (C=O) groups is 3. The predicted octanol–water partition coefficient (Wildman–Crippen LogP) is 3.94. The van der Waals surface area contributed by atoms with Crippen LogP contribution >= 0.6 is 0 Å². The molecule has 0 saturated heterocycles. The lowest BCUT2D eigenvalue weighted by Crippen LogP contribution is -2.40. The Hall–Kier alpha value is -4.14. The molecule has 0 radical (unpaired) electrons. The molecule has 0 saturated carbocycles. The Bertz CT molecular complexity index is 1190. The van der Waals surface area contributed by atoms with Gasteiger partial charge >= 0.3 is 12.1 Å². The summed E-state index contributed by atoms with van der Waals surface area (Å²) in [6.45, 7) is 3.72. The van der Waals surface area contributed by atoms with Crippen molar-refractivity contribution in [1.82, 2.24) is 15.8 Å². The number of nitrogens with one attached hydrogen (secondary N) is 2. The predicted molar refractivity (Wildman–Crippen MR) is 127 cm³/mol. The van der Waals surface area contributed by atoms with Gasteiger partial charge in [0.25, 0.3) is 5.91 Å². The van der Waals surface area contributed by atoms with Crippen LogP contribution in [0.2, 0.25) is 0 Å². The van der Waals surface area contributed by atoms with Crippen molar-refractivity contribution in [1.29, 1.82) is 0 Å². The van der Waals surface area contributed by atoms with E-state index in [4.69, 9.17) is 14.4 Å². The topological polar surface area (TPSA) is 131 Å². The SMILES string of the molecule is CC(C)[C@@H](CC(=O)O)NC(=O)c1conc1CNC(=O)OCC1c2ccccc2-c2ccccc21. The maximum atomic E-state index is 12.7. The highest BCUT2D eigenvalue weighted by Gasteiger charge is 2.29. The molecule has 2 amide bonds. The van der Waals surface area contributed by atoms with Gasteiger partial charge in [-0.15, -0.1) is 0 Å². The molecule has 0 bridgehead atoms. The first-order chi connectivity index (χ1) is 16.8. The quantitative estimate of drug-likeness (QED) is 0.425. The first-order valence-corrected chi connectivity index (χ1v) is 11.4. The van der Waals surface area contributed by atoms with Crippen LogP contribution in [0.4, 0.5) is 4.79 Å². The molecule has 1 atom stereocenters. The number of benzene rings is 2. The minimum absolute atomic E-state index is 0.0660. The minimum Gasteiger partial charge on any atom is -0.481 e. The lowest BCUT2D eigenvalue weighted by Gasteiger charge is -2.20. The molecule has 9 nitrogen and oxygen atoms in total. The van der Waals surface area contributed by atoms with Crippen molar-refractivity contribution in [2.24, 2.45) is 5.92 Å². The minimum atomic E-state index is -1.01. The summed E-state index contributed by atoms with van der Waals surface area (Å²) in [6.07, 6.45) is 0.316. The zero-order valence-electron chi connectivity index (χ0n) is 19.5. The van der Waals surface area contributed by atoms with E-state index in [0.717, 1.165) is 22.3 Å². The molecule has 182 valence electrons. The van der Waals surface area contributed by atoms with E-state index in [0.29, 0.717) is 0 Å². The fourth-order valence-electron chi connectivity index (χ4n) is 4.26. The largest absolute Gasteiger partial charge is 0.481 e. The number of aliphatic carboxylic acids is 1. The number of nitrogens with zero attached hydrogens (tertiary/aromatic N) is 1. The Morgan fingerprint density at radius 1 is 1.06 bits per heavy atom. The summed E-state index contributed by atoms with van der Waals surface area (Å²) in [7, 11) is 0. The molecule has 1 aliphatic carbocycles. The highest BCUT2D eigenvalue weighted by Crippen LogP contribution is 2.44. The van der Waals surface area contributed by atoms with Crippen LogP contribution in [0.25, 0.3) is 11.1 Å². The Kier molecular flexibility index (Phi) is 7.14. The molecule has 35 heavy (non-hydrogen) atoms. The van der Waals surface area contributed by atoms with Gasteiger partial charge in [0, 0.05) is 12.0 Å². The van der Waals surface area contributed by atoms with Crippen molar-refractivity contribution in [3.63, 3.8) is 0 Å². The molecule has 3 N–H and O–H groups in total. The Balaban J connectivity index is 1.35. The average molecular weight is 478 g/mol. The Labute approximate surface area is 202 Å². The van der Waals surface area contributed by atoms with E-state index < -0.39 is 24.0 Å². The molecular weight excluding hydrogens is 450 g/mol. The van der Waals surface area contributed by atoms with Crippen LogP contribution in [-0.4, -0.2) is 40.9 Å². The van der Waals surface area contributed by atoms with Gasteiger partial charge < -0.3 is 25.0 Å². The van der Waals surface area contributed by atoms with E-state index in [9.17, 15) is 14.4 Å². The fraction of sp³-hybridized carbons (Fsp3) is 0.308. The number of fused-ring (bicyclic) bond motifs is 3. The molecular formula is C26H27N3O6. The third-order valence-corrected chi connectivity index (χ3v) is 6.15. The number of ether oxygens (including phenoxy) is 1. The van der Waals surface area contributed by atoms with Crippen LogP contribution in [0.3, 0.4) is 0 Å². The van der Waals surface area contributed by atoms with Crippen LogP contribution in [0.5, 0.6) is 0 Å². The van der Waals surface area contributed by atoms with Crippen LogP contribution in [0, 0.1) is 5.92 Å². The zero-order chi connectivity index (χ0) is 24.9. The summed E-state index contributed by atoms with van der Waals surface area (Å²) in [5.41, 5.74) is 4.83. The summed E-state index contributed by atoms with van der Waals surface area (Å²) in [5, 5.41) is 18.2. The second-order valence-electron chi connectivity index (χ2n) is 8.78.